The number of hydrogen-bond donors (Lipinski definition) is 0. The zero-order valence-electron chi connectivity index (χ0n) is 9.42. The van der Waals surface area contributed by atoms with E-state index in [9.17, 15) is 4.79 Å². The van der Waals surface area contributed by atoms with Gasteiger partial charge in [0.15, 0.2) is 0 Å². The van der Waals surface area contributed by atoms with Crippen LogP contribution in [0.1, 0.15) is 39.5 Å². The van der Waals surface area contributed by atoms with Crippen molar-refractivity contribution in [3.8, 4) is 6.07 Å². The molecular formula is C11H20N2O. The highest BCUT2D eigenvalue weighted by molar-refractivity contribution is 5.80. The van der Waals surface area contributed by atoms with E-state index in [-0.39, 0.29) is 5.91 Å². The molecule has 0 saturated carbocycles. The van der Waals surface area contributed by atoms with Crippen molar-refractivity contribution in [2.24, 2.45) is 5.92 Å². The molecule has 1 amide bonds. The van der Waals surface area contributed by atoms with Crippen molar-refractivity contribution in [1.29, 1.82) is 5.26 Å². The largest absolute Gasteiger partial charge is 0.345 e. The molecular weight excluding hydrogens is 176 g/mol. The summed E-state index contributed by atoms with van der Waals surface area (Å²) in [7, 11) is 1.78. The molecule has 0 radical (unpaired) electrons. The van der Waals surface area contributed by atoms with Gasteiger partial charge in [0.25, 0.3) is 0 Å². The second-order valence-electron chi connectivity index (χ2n) is 3.56. The Kier molecular flexibility index (Phi) is 6.82. The van der Waals surface area contributed by atoms with Gasteiger partial charge in [-0.3, -0.25) is 4.79 Å². The van der Waals surface area contributed by atoms with Gasteiger partial charge in [-0.25, -0.2) is 0 Å². The Balaban J connectivity index is 3.92. The highest BCUT2D eigenvalue weighted by Gasteiger charge is 2.18. The average Bonchev–Trinajstić information content (AvgIpc) is 2.19. The first-order valence-corrected chi connectivity index (χ1v) is 5.31. The van der Waals surface area contributed by atoms with E-state index in [0.29, 0.717) is 6.42 Å². The Morgan fingerprint density at radius 2 is 2.07 bits per heavy atom. The van der Waals surface area contributed by atoms with Crippen LogP contribution >= 0.6 is 0 Å². The second kappa shape index (κ2) is 7.37. The SMILES string of the molecule is CCCCCN(C)C(=O)C(C#N)CC. The molecule has 0 fully saturated rings. The molecule has 3 heteroatoms. The third-order valence-corrected chi connectivity index (χ3v) is 2.34. The van der Waals surface area contributed by atoms with Crippen molar-refractivity contribution >= 4 is 5.91 Å². The number of unbranched alkanes of at least 4 members (excludes halogenated alkanes) is 2. The van der Waals surface area contributed by atoms with E-state index in [1.807, 2.05) is 13.0 Å². The average molecular weight is 196 g/mol. The summed E-state index contributed by atoms with van der Waals surface area (Å²) >= 11 is 0. The highest BCUT2D eigenvalue weighted by Crippen LogP contribution is 2.06. The van der Waals surface area contributed by atoms with Crippen molar-refractivity contribution in [1.82, 2.24) is 4.90 Å². The first kappa shape index (κ1) is 13.0. The summed E-state index contributed by atoms with van der Waals surface area (Å²) in [5.41, 5.74) is 0. The second-order valence-corrected chi connectivity index (χ2v) is 3.56. The summed E-state index contributed by atoms with van der Waals surface area (Å²) in [4.78, 5) is 13.3. The van der Waals surface area contributed by atoms with Crippen molar-refractivity contribution in [2.45, 2.75) is 39.5 Å². The maximum absolute atomic E-state index is 11.6. The van der Waals surface area contributed by atoms with Crippen molar-refractivity contribution in [3.63, 3.8) is 0 Å². The van der Waals surface area contributed by atoms with Crippen LogP contribution in [0.3, 0.4) is 0 Å². The lowest BCUT2D eigenvalue weighted by molar-refractivity contribution is -0.132. The summed E-state index contributed by atoms with van der Waals surface area (Å²) in [5, 5.41) is 8.72. The van der Waals surface area contributed by atoms with E-state index in [4.69, 9.17) is 5.26 Å². The molecule has 1 atom stereocenters. The predicted octanol–water partition coefficient (Wildman–Crippen LogP) is 2.18. The van der Waals surface area contributed by atoms with Crippen LogP contribution in [-0.4, -0.2) is 24.4 Å². The van der Waals surface area contributed by atoms with Gasteiger partial charge in [-0.1, -0.05) is 26.7 Å². The quantitative estimate of drug-likeness (QED) is 0.611. The van der Waals surface area contributed by atoms with E-state index in [2.05, 4.69) is 6.92 Å². The molecule has 0 aromatic carbocycles. The maximum Gasteiger partial charge on any atom is 0.239 e. The fraction of sp³-hybridized carbons (Fsp3) is 0.818. The molecule has 0 aliphatic rings. The molecule has 14 heavy (non-hydrogen) atoms. The number of carbonyl (C=O) groups excluding carboxylic acids is 1. The van der Waals surface area contributed by atoms with E-state index < -0.39 is 5.92 Å². The third-order valence-electron chi connectivity index (χ3n) is 2.34. The van der Waals surface area contributed by atoms with Gasteiger partial charge in [-0.2, -0.15) is 5.26 Å². The first-order chi connectivity index (χ1) is 6.67. The molecule has 0 spiro atoms. The van der Waals surface area contributed by atoms with E-state index in [1.165, 1.54) is 0 Å². The Morgan fingerprint density at radius 3 is 2.50 bits per heavy atom. The standard InChI is InChI=1S/C11H20N2O/c1-4-6-7-8-13(3)11(14)10(5-2)9-12/h10H,4-8H2,1-3H3. The van der Waals surface area contributed by atoms with E-state index in [0.717, 1.165) is 25.8 Å². The molecule has 0 heterocycles. The zero-order valence-corrected chi connectivity index (χ0v) is 9.42. The van der Waals surface area contributed by atoms with Gasteiger partial charge >= 0.3 is 0 Å². The van der Waals surface area contributed by atoms with Crippen LogP contribution in [0, 0.1) is 17.2 Å². The number of carbonyl (C=O) groups is 1. The Labute approximate surface area is 86.7 Å². The molecule has 0 aliphatic carbocycles. The zero-order chi connectivity index (χ0) is 11.0. The summed E-state index contributed by atoms with van der Waals surface area (Å²) < 4.78 is 0. The number of nitriles is 1. The van der Waals surface area contributed by atoms with Crippen LogP contribution in [0.4, 0.5) is 0 Å². The highest BCUT2D eigenvalue weighted by atomic mass is 16.2. The monoisotopic (exact) mass is 196 g/mol. The maximum atomic E-state index is 11.6. The predicted molar refractivity (Wildman–Crippen MR) is 56.6 cm³/mol. The number of nitrogens with zero attached hydrogens (tertiary/aromatic N) is 2. The van der Waals surface area contributed by atoms with Crippen LogP contribution in [0.25, 0.3) is 0 Å². The molecule has 0 aromatic rings. The molecule has 0 aliphatic heterocycles. The number of amides is 1. The van der Waals surface area contributed by atoms with Crippen LogP contribution in [0.2, 0.25) is 0 Å². The Bertz CT molecular complexity index is 208. The Hall–Kier alpha value is -1.04. The van der Waals surface area contributed by atoms with Gasteiger partial charge in [0.05, 0.1) is 6.07 Å². The summed E-state index contributed by atoms with van der Waals surface area (Å²) in [6, 6.07) is 2.03. The fourth-order valence-electron chi connectivity index (χ4n) is 1.30. The van der Waals surface area contributed by atoms with Crippen molar-refractivity contribution < 1.29 is 4.79 Å². The smallest absolute Gasteiger partial charge is 0.239 e. The minimum Gasteiger partial charge on any atom is -0.345 e. The molecule has 0 aromatic heterocycles. The molecule has 0 N–H and O–H groups in total. The minimum atomic E-state index is -0.457. The van der Waals surface area contributed by atoms with Gasteiger partial charge in [-0.15, -0.1) is 0 Å². The molecule has 80 valence electrons. The van der Waals surface area contributed by atoms with Gasteiger partial charge in [-0.05, 0) is 12.8 Å². The number of rotatable bonds is 6. The van der Waals surface area contributed by atoms with Crippen LogP contribution in [-0.2, 0) is 4.79 Å². The summed E-state index contributed by atoms with van der Waals surface area (Å²) in [5.74, 6) is -0.493. The van der Waals surface area contributed by atoms with Gasteiger partial charge < -0.3 is 4.90 Å². The van der Waals surface area contributed by atoms with Crippen molar-refractivity contribution in [3.05, 3.63) is 0 Å². The lowest BCUT2D eigenvalue weighted by Gasteiger charge is -2.19. The Morgan fingerprint density at radius 1 is 1.43 bits per heavy atom. The molecule has 0 saturated heterocycles. The van der Waals surface area contributed by atoms with E-state index in [1.54, 1.807) is 11.9 Å². The molecule has 0 rings (SSSR count). The number of hydrogen-bond acceptors (Lipinski definition) is 2. The topological polar surface area (TPSA) is 44.1 Å². The lowest BCUT2D eigenvalue weighted by Crippen LogP contribution is -2.32. The summed E-state index contributed by atoms with van der Waals surface area (Å²) in [6.07, 6.45) is 3.92. The van der Waals surface area contributed by atoms with Crippen LogP contribution < -0.4 is 0 Å². The minimum absolute atomic E-state index is 0.0360. The first-order valence-electron chi connectivity index (χ1n) is 5.31. The molecule has 1 unspecified atom stereocenters. The summed E-state index contributed by atoms with van der Waals surface area (Å²) in [6.45, 7) is 4.77. The van der Waals surface area contributed by atoms with Gasteiger partial charge in [0.1, 0.15) is 5.92 Å². The third kappa shape index (κ3) is 4.27. The van der Waals surface area contributed by atoms with E-state index >= 15 is 0 Å². The lowest BCUT2D eigenvalue weighted by atomic mass is 10.1. The molecule has 3 nitrogen and oxygen atoms in total. The fourth-order valence-corrected chi connectivity index (χ4v) is 1.30. The van der Waals surface area contributed by atoms with Crippen LogP contribution in [0.5, 0.6) is 0 Å². The van der Waals surface area contributed by atoms with Gasteiger partial charge in [0, 0.05) is 13.6 Å². The normalized spacial score (nSPS) is 11.9. The van der Waals surface area contributed by atoms with Gasteiger partial charge in [0.2, 0.25) is 5.91 Å². The van der Waals surface area contributed by atoms with Crippen LogP contribution in [0.15, 0.2) is 0 Å². The molecule has 0 bridgehead atoms. The van der Waals surface area contributed by atoms with Crippen molar-refractivity contribution in [2.75, 3.05) is 13.6 Å².